The molecule has 0 bridgehead atoms. The Labute approximate surface area is 208 Å². The van der Waals surface area contributed by atoms with E-state index in [2.05, 4.69) is 4.98 Å². The van der Waals surface area contributed by atoms with Crippen LogP contribution >= 0.6 is 0 Å². The Balaban J connectivity index is 1.89. The van der Waals surface area contributed by atoms with E-state index < -0.39 is 58.9 Å². The van der Waals surface area contributed by atoms with Gasteiger partial charge in [0.05, 0.1) is 31.6 Å². The number of urea groups is 1. The molecule has 2 aromatic rings. The Morgan fingerprint density at radius 1 is 1.24 bits per heavy atom. The number of morpholine rings is 1. The number of rotatable bonds is 6. The number of carboxylic acid groups (broad SMARTS) is 1. The SMILES string of the molecule is COC(=O)[C@H]1COCCN1C(=O)N(c1ccc(C2CC2)cc1F)C(C(=O)O)c1cnccc1C(F)(F)F. The number of hydrogen-bond donors (Lipinski definition) is 1. The summed E-state index contributed by atoms with van der Waals surface area (Å²) in [6.07, 6.45) is -1.83. The first-order valence-electron chi connectivity index (χ1n) is 11.3. The summed E-state index contributed by atoms with van der Waals surface area (Å²) in [5, 5.41) is 10.1. The van der Waals surface area contributed by atoms with Gasteiger partial charge in [0.1, 0.15) is 5.82 Å². The topological polar surface area (TPSA) is 109 Å². The molecule has 4 rings (SSSR count). The van der Waals surface area contributed by atoms with Gasteiger partial charge < -0.3 is 19.5 Å². The van der Waals surface area contributed by atoms with Gasteiger partial charge in [-0.15, -0.1) is 0 Å². The molecule has 1 unspecified atom stereocenters. The molecular formula is C24H23F4N3O6. The molecule has 9 nitrogen and oxygen atoms in total. The number of carbonyl (C=O) groups excluding carboxylic acids is 2. The summed E-state index contributed by atoms with van der Waals surface area (Å²) < 4.78 is 66.9. The van der Waals surface area contributed by atoms with Crippen molar-refractivity contribution in [3.8, 4) is 0 Å². The van der Waals surface area contributed by atoms with Crippen LogP contribution in [0.5, 0.6) is 0 Å². The molecule has 1 aliphatic heterocycles. The number of nitrogens with zero attached hydrogens (tertiary/aromatic N) is 3. The number of pyridine rings is 1. The number of amides is 2. The molecule has 2 fully saturated rings. The Kier molecular flexibility index (Phi) is 7.35. The molecule has 37 heavy (non-hydrogen) atoms. The maximum Gasteiger partial charge on any atom is 0.416 e. The van der Waals surface area contributed by atoms with Gasteiger partial charge in [0, 0.05) is 24.5 Å². The van der Waals surface area contributed by atoms with Crippen LogP contribution in [-0.2, 0) is 25.2 Å². The third kappa shape index (κ3) is 5.36. The van der Waals surface area contributed by atoms with E-state index in [-0.39, 0.29) is 25.7 Å². The number of methoxy groups -OCH3 is 1. The van der Waals surface area contributed by atoms with Gasteiger partial charge in [-0.25, -0.2) is 18.8 Å². The molecule has 1 aromatic carbocycles. The zero-order valence-electron chi connectivity index (χ0n) is 19.6. The number of halogens is 4. The second-order valence-electron chi connectivity index (χ2n) is 8.65. The predicted octanol–water partition coefficient (Wildman–Crippen LogP) is 3.74. The van der Waals surface area contributed by atoms with Crippen molar-refractivity contribution in [2.24, 2.45) is 0 Å². The molecule has 1 saturated carbocycles. The van der Waals surface area contributed by atoms with Crippen LogP contribution in [0.15, 0.2) is 36.7 Å². The number of benzene rings is 1. The van der Waals surface area contributed by atoms with Crippen LogP contribution in [-0.4, -0.2) is 65.9 Å². The lowest BCUT2D eigenvalue weighted by molar-refractivity contribution is -0.150. The van der Waals surface area contributed by atoms with Crippen LogP contribution in [0.3, 0.4) is 0 Å². The van der Waals surface area contributed by atoms with Crippen LogP contribution in [0.4, 0.5) is 28.0 Å². The molecule has 0 radical (unpaired) electrons. The fourth-order valence-electron chi connectivity index (χ4n) is 4.31. The minimum Gasteiger partial charge on any atom is -0.479 e. The van der Waals surface area contributed by atoms with Gasteiger partial charge in [0.15, 0.2) is 12.1 Å². The molecule has 1 saturated heterocycles. The van der Waals surface area contributed by atoms with E-state index in [0.717, 1.165) is 43.2 Å². The average Bonchev–Trinajstić information content (AvgIpc) is 3.71. The molecular weight excluding hydrogens is 502 g/mol. The van der Waals surface area contributed by atoms with Gasteiger partial charge in [-0.2, -0.15) is 13.2 Å². The summed E-state index contributed by atoms with van der Waals surface area (Å²) in [6.45, 7) is -0.565. The first-order chi connectivity index (χ1) is 17.5. The second kappa shape index (κ2) is 10.3. The summed E-state index contributed by atoms with van der Waals surface area (Å²) in [7, 11) is 1.07. The van der Waals surface area contributed by atoms with Crippen molar-refractivity contribution in [3.05, 3.63) is 59.2 Å². The van der Waals surface area contributed by atoms with E-state index in [1.165, 1.54) is 6.07 Å². The fraction of sp³-hybridized carbons (Fsp3) is 0.417. The van der Waals surface area contributed by atoms with E-state index in [4.69, 9.17) is 9.47 Å². The standard InChI is InChI=1S/C24H23F4N3O6/c1-36-22(34)19-12-37-9-8-30(19)23(35)31(18-5-4-14(10-17(18)25)13-2-3-13)20(21(32)33)15-11-29-7-6-16(15)24(26,27)28/h4-7,10-11,13,19-20H,2-3,8-9,12H2,1H3,(H,32,33)/t19-,20?/m1/s1. The molecule has 0 spiro atoms. The summed E-state index contributed by atoms with van der Waals surface area (Å²) in [4.78, 5) is 43.6. The minimum atomic E-state index is -5.00. The van der Waals surface area contributed by atoms with Gasteiger partial charge in [-0.05, 0) is 42.5 Å². The number of esters is 1. The summed E-state index contributed by atoms with van der Waals surface area (Å²) >= 11 is 0. The van der Waals surface area contributed by atoms with Crippen molar-refractivity contribution in [3.63, 3.8) is 0 Å². The first kappa shape index (κ1) is 26.3. The van der Waals surface area contributed by atoms with E-state index in [1.807, 2.05) is 0 Å². The highest BCUT2D eigenvalue weighted by Crippen LogP contribution is 2.43. The largest absolute Gasteiger partial charge is 0.479 e. The van der Waals surface area contributed by atoms with Crippen LogP contribution < -0.4 is 4.90 Å². The number of alkyl halides is 3. The second-order valence-corrected chi connectivity index (χ2v) is 8.65. The molecule has 2 amide bonds. The third-order valence-corrected chi connectivity index (χ3v) is 6.28. The van der Waals surface area contributed by atoms with Crippen molar-refractivity contribution in [2.45, 2.75) is 37.0 Å². The molecule has 13 heteroatoms. The van der Waals surface area contributed by atoms with Gasteiger partial charge in [0.2, 0.25) is 0 Å². The normalized spacial score (nSPS) is 18.7. The third-order valence-electron chi connectivity index (χ3n) is 6.28. The highest BCUT2D eigenvalue weighted by molar-refractivity contribution is 6.00. The number of ether oxygens (including phenoxy) is 2. The maximum atomic E-state index is 15.5. The van der Waals surface area contributed by atoms with Crippen molar-refractivity contribution >= 4 is 23.7 Å². The summed E-state index contributed by atoms with van der Waals surface area (Å²) in [5.74, 6) is -3.63. The number of aliphatic carboxylic acids is 1. The van der Waals surface area contributed by atoms with Gasteiger partial charge >= 0.3 is 24.1 Å². The minimum absolute atomic E-state index is 0.0470. The van der Waals surface area contributed by atoms with Gasteiger partial charge in [-0.1, -0.05) is 6.07 Å². The summed E-state index contributed by atoms with van der Waals surface area (Å²) in [5.41, 5.74) is -2.16. The van der Waals surface area contributed by atoms with Gasteiger partial charge in [0.25, 0.3) is 0 Å². The van der Waals surface area contributed by atoms with Crippen molar-refractivity contribution in [1.82, 2.24) is 9.88 Å². The lowest BCUT2D eigenvalue weighted by Crippen LogP contribution is -2.58. The number of aromatic nitrogens is 1. The Hall–Kier alpha value is -3.74. The van der Waals surface area contributed by atoms with E-state index >= 15 is 4.39 Å². The Morgan fingerprint density at radius 3 is 2.57 bits per heavy atom. The number of hydrogen-bond acceptors (Lipinski definition) is 6. The number of carbonyl (C=O) groups is 3. The molecule has 2 heterocycles. The zero-order valence-corrected chi connectivity index (χ0v) is 19.6. The van der Waals surface area contributed by atoms with Crippen molar-refractivity contribution < 1.29 is 46.5 Å². The lowest BCUT2D eigenvalue weighted by atomic mass is 9.99. The Morgan fingerprint density at radius 2 is 1.97 bits per heavy atom. The number of anilines is 1. The molecule has 1 aromatic heterocycles. The smallest absolute Gasteiger partial charge is 0.416 e. The molecule has 1 aliphatic carbocycles. The van der Waals surface area contributed by atoms with Crippen LogP contribution in [0.2, 0.25) is 0 Å². The highest BCUT2D eigenvalue weighted by Gasteiger charge is 2.45. The Bertz CT molecular complexity index is 1200. The van der Waals surface area contributed by atoms with Crippen LogP contribution in [0, 0.1) is 5.82 Å². The first-order valence-corrected chi connectivity index (χ1v) is 11.3. The van der Waals surface area contributed by atoms with Crippen molar-refractivity contribution in [2.75, 3.05) is 31.8 Å². The summed E-state index contributed by atoms with van der Waals surface area (Å²) in [6, 6.07) is -0.493. The lowest BCUT2D eigenvalue weighted by Gasteiger charge is -2.39. The maximum absolute atomic E-state index is 15.5. The van der Waals surface area contributed by atoms with Crippen molar-refractivity contribution in [1.29, 1.82) is 0 Å². The zero-order chi connectivity index (χ0) is 26.9. The van der Waals surface area contributed by atoms with E-state index in [1.54, 1.807) is 0 Å². The monoisotopic (exact) mass is 525 g/mol. The average molecular weight is 525 g/mol. The van der Waals surface area contributed by atoms with Crippen LogP contribution in [0.25, 0.3) is 0 Å². The molecule has 2 aliphatic rings. The van der Waals surface area contributed by atoms with Crippen LogP contribution in [0.1, 0.15) is 41.5 Å². The van der Waals surface area contributed by atoms with E-state index in [0.29, 0.717) is 22.7 Å². The van der Waals surface area contributed by atoms with Gasteiger partial charge in [-0.3, -0.25) is 9.88 Å². The highest BCUT2D eigenvalue weighted by atomic mass is 19.4. The van der Waals surface area contributed by atoms with E-state index in [9.17, 15) is 32.7 Å². The fourth-order valence-corrected chi connectivity index (χ4v) is 4.31. The molecule has 1 N–H and O–H groups in total. The quantitative estimate of drug-likeness (QED) is 0.452. The number of carboxylic acids is 1. The molecule has 2 atom stereocenters. The predicted molar refractivity (Wildman–Crippen MR) is 119 cm³/mol. The molecule has 198 valence electrons.